The van der Waals surface area contributed by atoms with E-state index in [9.17, 15) is 5.11 Å². The lowest BCUT2D eigenvalue weighted by Gasteiger charge is -2.13. The Morgan fingerprint density at radius 1 is 1.22 bits per heavy atom. The molecule has 0 saturated carbocycles. The van der Waals surface area contributed by atoms with E-state index in [1.165, 1.54) is 11.1 Å². The van der Waals surface area contributed by atoms with Crippen LogP contribution in [0.1, 0.15) is 28.4 Å². The zero-order chi connectivity index (χ0) is 13.1. The van der Waals surface area contributed by atoms with Gasteiger partial charge in [0.25, 0.3) is 0 Å². The highest BCUT2D eigenvalue weighted by Crippen LogP contribution is 2.21. The van der Waals surface area contributed by atoms with E-state index in [2.05, 4.69) is 37.0 Å². The van der Waals surface area contributed by atoms with Crippen molar-refractivity contribution in [2.24, 2.45) is 0 Å². The number of aryl methyl sites for hydroxylation is 2. The zero-order valence-corrected chi connectivity index (χ0v) is 11.3. The number of nitrogens with zero attached hydrogens (tertiary/aromatic N) is 1. The van der Waals surface area contributed by atoms with E-state index in [0.717, 1.165) is 11.1 Å². The number of benzene rings is 1. The lowest BCUT2D eigenvalue weighted by molar-refractivity contribution is 0.178. The average Bonchev–Trinajstić information content (AvgIpc) is 2.34. The fourth-order valence-electron chi connectivity index (χ4n) is 1.93. The molecule has 1 atom stereocenters. The highest BCUT2D eigenvalue weighted by Gasteiger charge is 2.10. The number of hydrogen-bond acceptors (Lipinski definition) is 2. The number of rotatable bonds is 3. The van der Waals surface area contributed by atoms with Gasteiger partial charge in [0.15, 0.2) is 0 Å². The van der Waals surface area contributed by atoms with Gasteiger partial charge in [0, 0.05) is 12.6 Å². The molecule has 0 radical (unpaired) electrons. The Hall–Kier alpha value is -1.38. The lowest BCUT2D eigenvalue weighted by atomic mass is 9.97. The SMILES string of the molecule is Cc1ccc(C)c(CC(O)c2ccc(Cl)nc2)c1. The molecule has 0 saturated heterocycles. The Balaban J connectivity index is 2.18. The summed E-state index contributed by atoms with van der Waals surface area (Å²) in [6.45, 7) is 4.11. The lowest BCUT2D eigenvalue weighted by Crippen LogP contribution is -2.04. The van der Waals surface area contributed by atoms with Crippen LogP contribution >= 0.6 is 11.6 Å². The Bertz CT molecular complexity index is 537. The third kappa shape index (κ3) is 3.09. The third-order valence-electron chi connectivity index (χ3n) is 3.05. The predicted molar refractivity (Wildman–Crippen MR) is 73.8 cm³/mol. The fraction of sp³-hybridized carbons (Fsp3) is 0.267. The maximum atomic E-state index is 10.2. The zero-order valence-electron chi connectivity index (χ0n) is 10.5. The van der Waals surface area contributed by atoms with Crippen LogP contribution in [0.3, 0.4) is 0 Å². The molecular formula is C15H16ClNO. The topological polar surface area (TPSA) is 33.1 Å². The van der Waals surface area contributed by atoms with Crippen molar-refractivity contribution in [3.8, 4) is 0 Å². The molecular weight excluding hydrogens is 246 g/mol. The molecule has 2 aromatic rings. The molecule has 0 aliphatic heterocycles. The largest absolute Gasteiger partial charge is 0.388 e. The summed E-state index contributed by atoms with van der Waals surface area (Å²) in [4.78, 5) is 3.99. The molecule has 0 spiro atoms. The van der Waals surface area contributed by atoms with Crippen LogP contribution in [0.15, 0.2) is 36.5 Å². The van der Waals surface area contributed by atoms with Crippen molar-refractivity contribution in [1.29, 1.82) is 0 Å². The van der Waals surface area contributed by atoms with Crippen LogP contribution in [0.4, 0.5) is 0 Å². The first-order valence-corrected chi connectivity index (χ1v) is 6.29. The van der Waals surface area contributed by atoms with E-state index in [0.29, 0.717) is 11.6 Å². The van der Waals surface area contributed by atoms with E-state index in [1.807, 2.05) is 6.07 Å². The highest BCUT2D eigenvalue weighted by atomic mass is 35.5. The second kappa shape index (κ2) is 5.51. The van der Waals surface area contributed by atoms with Gasteiger partial charge in [-0.1, -0.05) is 41.4 Å². The maximum absolute atomic E-state index is 10.2. The number of halogens is 1. The molecule has 0 bridgehead atoms. The standard InChI is InChI=1S/C15H16ClNO/c1-10-3-4-11(2)13(7-10)8-14(18)12-5-6-15(16)17-9-12/h3-7,9,14,18H,8H2,1-2H3. The molecule has 1 N–H and O–H groups in total. The Morgan fingerprint density at radius 2 is 2.00 bits per heavy atom. The summed E-state index contributed by atoms with van der Waals surface area (Å²) < 4.78 is 0. The quantitative estimate of drug-likeness (QED) is 0.856. The molecule has 2 nitrogen and oxygen atoms in total. The Labute approximate surface area is 112 Å². The first-order chi connectivity index (χ1) is 8.56. The van der Waals surface area contributed by atoms with E-state index in [-0.39, 0.29) is 0 Å². The molecule has 0 aliphatic rings. The van der Waals surface area contributed by atoms with Gasteiger partial charge in [0.05, 0.1) is 6.10 Å². The van der Waals surface area contributed by atoms with Crippen LogP contribution < -0.4 is 0 Å². The summed E-state index contributed by atoms with van der Waals surface area (Å²) in [5, 5.41) is 10.6. The van der Waals surface area contributed by atoms with Gasteiger partial charge >= 0.3 is 0 Å². The molecule has 3 heteroatoms. The van der Waals surface area contributed by atoms with Gasteiger partial charge in [-0.25, -0.2) is 4.98 Å². The maximum Gasteiger partial charge on any atom is 0.129 e. The summed E-state index contributed by atoms with van der Waals surface area (Å²) in [6.07, 6.45) is 1.67. The van der Waals surface area contributed by atoms with Crippen molar-refractivity contribution in [1.82, 2.24) is 4.98 Å². The molecule has 0 aliphatic carbocycles. The minimum Gasteiger partial charge on any atom is -0.388 e. The summed E-state index contributed by atoms with van der Waals surface area (Å²) in [6, 6.07) is 9.78. The number of hydrogen-bond donors (Lipinski definition) is 1. The number of aliphatic hydroxyl groups excluding tert-OH is 1. The molecule has 1 unspecified atom stereocenters. The van der Waals surface area contributed by atoms with Crippen molar-refractivity contribution < 1.29 is 5.11 Å². The van der Waals surface area contributed by atoms with Crippen LogP contribution in [-0.4, -0.2) is 10.1 Å². The van der Waals surface area contributed by atoms with Crippen molar-refractivity contribution >= 4 is 11.6 Å². The fourth-order valence-corrected chi connectivity index (χ4v) is 2.04. The van der Waals surface area contributed by atoms with Crippen LogP contribution in [0.25, 0.3) is 0 Å². The summed E-state index contributed by atoms with van der Waals surface area (Å²) >= 11 is 5.73. The highest BCUT2D eigenvalue weighted by molar-refractivity contribution is 6.29. The third-order valence-corrected chi connectivity index (χ3v) is 3.28. The van der Waals surface area contributed by atoms with Gasteiger partial charge in [-0.2, -0.15) is 0 Å². The van der Waals surface area contributed by atoms with Crippen LogP contribution in [0.5, 0.6) is 0 Å². The van der Waals surface area contributed by atoms with E-state index >= 15 is 0 Å². The van der Waals surface area contributed by atoms with E-state index in [4.69, 9.17) is 11.6 Å². The van der Waals surface area contributed by atoms with Gasteiger partial charge in [0.1, 0.15) is 5.15 Å². The molecule has 1 heterocycles. The molecule has 18 heavy (non-hydrogen) atoms. The second-order valence-corrected chi connectivity index (χ2v) is 4.95. The van der Waals surface area contributed by atoms with Crippen molar-refractivity contribution in [2.45, 2.75) is 26.4 Å². The average molecular weight is 262 g/mol. The predicted octanol–water partition coefficient (Wildman–Crippen LogP) is 3.63. The molecule has 2 rings (SSSR count). The summed E-state index contributed by atoms with van der Waals surface area (Å²) in [7, 11) is 0. The van der Waals surface area contributed by atoms with Gasteiger partial charge < -0.3 is 5.11 Å². The molecule has 1 aromatic heterocycles. The molecule has 1 aromatic carbocycles. The van der Waals surface area contributed by atoms with Crippen LogP contribution in [0.2, 0.25) is 5.15 Å². The summed E-state index contributed by atoms with van der Waals surface area (Å²) in [5.74, 6) is 0. The van der Waals surface area contributed by atoms with Gasteiger partial charge in [-0.3, -0.25) is 0 Å². The minimum atomic E-state index is -0.546. The number of pyridine rings is 1. The monoisotopic (exact) mass is 261 g/mol. The first kappa shape index (κ1) is 13.1. The minimum absolute atomic E-state index is 0.442. The molecule has 0 amide bonds. The van der Waals surface area contributed by atoms with E-state index < -0.39 is 6.10 Å². The van der Waals surface area contributed by atoms with Crippen LogP contribution in [-0.2, 0) is 6.42 Å². The first-order valence-electron chi connectivity index (χ1n) is 5.92. The van der Waals surface area contributed by atoms with Crippen molar-refractivity contribution in [3.05, 3.63) is 63.9 Å². The number of aliphatic hydroxyl groups is 1. The van der Waals surface area contributed by atoms with Gasteiger partial charge in [-0.05, 0) is 36.6 Å². The smallest absolute Gasteiger partial charge is 0.129 e. The Kier molecular flexibility index (Phi) is 4.00. The second-order valence-electron chi connectivity index (χ2n) is 4.56. The van der Waals surface area contributed by atoms with Gasteiger partial charge in [-0.15, -0.1) is 0 Å². The van der Waals surface area contributed by atoms with Gasteiger partial charge in [0.2, 0.25) is 0 Å². The van der Waals surface area contributed by atoms with Crippen molar-refractivity contribution in [2.75, 3.05) is 0 Å². The van der Waals surface area contributed by atoms with Crippen LogP contribution in [0, 0.1) is 13.8 Å². The molecule has 94 valence electrons. The molecule has 0 fully saturated rings. The summed E-state index contributed by atoms with van der Waals surface area (Å²) in [5.41, 5.74) is 4.36. The van der Waals surface area contributed by atoms with E-state index in [1.54, 1.807) is 12.3 Å². The Morgan fingerprint density at radius 3 is 2.67 bits per heavy atom. The normalized spacial score (nSPS) is 12.4. The number of aromatic nitrogens is 1. The van der Waals surface area contributed by atoms with Crippen molar-refractivity contribution in [3.63, 3.8) is 0 Å².